The number of amides is 1. The Balaban J connectivity index is 0.00000133. The van der Waals surface area contributed by atoms with Gasteiger partial charge in [-0.2, -0.15) is 0 Å². The van der Waals surface area contributed by atoms with Gasteiger partial charge in [-0.3, -0.25) is 4.79 Å². The number of nitrogens with one attached hydrogen (secondary N) is 2. The molecular formula is C14H18Cl2N2O. The van der Waals surface area contributed by atoms with E-state index in [2.05, 4.69) is 16.7 Å². The Morgan fingerprint density at radius 1 is 1.37 bits per heavy atom. The van der Waals surface area contributed by atoms with Crippen LogP contribution in [0.4, 0.5) is 0 Å². The molecule has 2 aliphatic heterocycles. The van der Waals surface area contributed by atoms with Gasteiger partial charge in [-0.1, -0.05) is 23.7 Å². The summed E-state index contributed by atoms with van der Waals surface area (Å²) in [4.78, 5) is 12.2. The maximum Gasteiger partial charge on any atom is 0.228 e. The first kappa shape index (κ1) is 14.6. The highest BCUT2D eigenvalue weighted by Crippen LogP contribution is 2.44. The summed E-state index contributed by atoms with van der Waals surface area (Å²) < 4.78 is 0. The van der Waals surface area contributed by atoms with Crippen molar-refractivity contribution >= 4 is 29.9 Å². The summed E-state index contributed by atoms with van der Waals surface area (Å²) in [5.41, 5.74) is 0.896. The van der Waals surface area contributed by atoms with Crippen LogP contribution >= 0.6 is 24.0 Å². The molecule has 0 bridgehead atoms. The normalized spacial score (nSPS) is 29.9. The molecule has 0 radical (unpaired) electrons. The minimum absolute atomic E-state index is 0. The van der Waals surface area contributed by atoms with Gasteiger partial charge in [0.1, 0.15) is 0 Å². The molecule has 2 atom stereocenters. The van der Waals surface area contributed by atoms with Gasteiger partial charge in [-0.15, -0.1) is 12.4 Å². The van der Waals surface area contributed by atoms with Gasteiger partial charge in [0.25, 0.3) is 0 Å². The van der Waals surface area contributed by atoms with Crippen molar-refractivity contribution in [2.75, 3.05) is 19.6 Å². The number of benzene rings is 1. The molecule has 2 aliphatic rings. The van der Waals surface area contributed by atoms with Crippen LogP contribution < -0.4 is 10.6 Å². The van der Waals surface area contributed by atoms with Gasteiger partial charge in [0.05, 0.1) is 5.41 Å². The van der Waals surface area contributed by atoms with Gasteiger partial charge in [-0.05, 0) is 37.1 Å². The zero-order chi connectivity index (χ0) is 12.6. The van der Waals surface area contributed by atoms with Crippen molar-refractivity contribution in [1.82, 2.24) is 10.6 Å². The van der Waals surface area contributed by atoms with Crippen LogP contribution in [0.15, 0.2) is 24.3 Å². The molecule has 2 saturated heterocycles. The lowest BCUT2D eigenvalue weighted by Gasteiger charge is -2.36. The van der Waals surface area contributed by atoms with Gasteiger partial charge >= 0.3 is 0 Å². The summed E-state index contributed by atoms with van der Waals surface area (Å²) in [6.07, 6.45) is 2.02. The van der Waals surface area contributed by atoms with Gasteiger partial charge in [0.15, 0.2) is 0 Å². The molecule has 2 fully saturated rings. The van der Waals surface area contributed by atoms with Gasteiger partial charge in [0, 0.05) is 24.0 Å². The zero-order valence-corrected chi connectivity index (χ0v) is 12.2. The Bertz CT molecular complexity index is 472. The molecule has 104 valence electrons. The lowest BCUT2D eigenvalue weighted by molar-refractivity contribution is -0.129. The van der Waals surface area contributed by atoms with E-state index in [0.717, 1.165) is 37.5 Å². The second kappa shape index (κ2) is 5.70. The summed E-state index contributed by atoms with van der Waals surface area (Å²) in [6.45, 7) is 2.51. The summed E-state index contributed by atoms with van der Waals surface area (Å²) in [6, 6.07) is 7.90. The van der Waals surface area contributed by atoms with Crippen molar-refractivity contribution in [1.29, 1.82) is 0 Å². The quantitative estimate of drug-likeness (QED) is 0.836. The minimum atomic E-state index is -0.275. The van der Waals surface area contributed by atoms with E-state index in [4.69, 9.17) is 11.6 Å². The fraction of sp³-hybridized carbons (Fsp3) is 0.500. The van der Waals surface area contributed by atoms with Crippen LogP contribution in [0.1, 0.15) is 24.3 Å². The fourth-order valence-electron chi connectivity index (χ4n) is 3.30. The number of carbonyl (C=O) groups excluding carboxylic acids is 1. The molecule has 2 unspecified atom stereocenters. The average Bonchev–Trinajstić information content (AvgIpc) is 2.68. The highest BCUT2D eigenvalue weighted by atomic mass is 35.5. The fourth-order valence-corrected chi connectivity index (χ4v) is 3.50. The molecule has 3 rings (SSSR count). The smallest absolute Gasteiger partial charge is 0.228 e. The van der Waals surface area contributed by atoms with Crippen molar-refractivity contribution in [2.45, 2.75) is 18.8 Å². The van der Waals surface area contributed by atoms with E-state index in [-0.39, 0.29) is 29.6 Å². The number of rotatable bonds is 1. The van der Waals surface area contributed by atoms with E-state index in [9.17, 15) is 4.79 Å². The Kier molecular flexibility index (Phi) is 4.39. The SMILES string of the molecule is Cl.O=C1NCC(c2cccc(Cl)c2)C12CCCNC2. The molecule has 2 heterocycles. The predicted molar refractivity (Wildman–Crippen MR) is 79.0 cm³/mol. The van der Waals surface area contributed by atoms with E-state index < -0.39 is 0 Å². The van der Waals surface area contributed by atoms with Crippen molar-refractivity contribution in [2.24, 2.45) is 5.41 Å². The Morgan fingerprint density at radius 3 is 2.89 bits per heavy atom. The third-order valence-electron chi connectivity index (χ3n) is 4.25. The molecule has 19 heavy (non-hydrogen) atoms. The number of hydrogen-bond donors (Lipinski definition) is 2. The number of halogens is 2. The minimum Gasteiger partial charge on any atom is -0.355 e. The maximum absolute atomic E-state index is 12.2. The van der Waals surface area contributed by atoms with E-state index in [1.54, 1.807) is 0 Å². The summed E-state index contributed by atoms with van der Waals surface area (Å²) >= 11 is 6.07. The lowest BCUT2D eigenvalue weighted by atomic mass is 9.69. The molecule has 1 spiro atoms. The van der Waals surface area contributed by atoms with Crippen LogP contribution in [0, 0.1) is 5.41 Å². The average molecular weight is 301 g/mol. The molecule has 3 nitrogen and oxygen atoms in total. The zero-order valence-electron chi connectivity index (χ0n) is 10.6. The topological polar surface area (TPSA) is 41.1 Å². The number of carbonyl (C=O) groups is 1. The first-order valence-corrected chi connectivity index (χ1v) is 6.85. The summed E-state index contributed by atoms with van der Waals surface area (Å²) in [7, 11) is 0. The maximum atomic E-state index is 12.2. The first-order valence-electron chi connectivity index (χ1n) is 6.47. The molecule has 0 saturated carbocycles. The highest BCUT2D eigenvalue weighted by molar-refractivity contribution is 6.30. The van der Waals surface area contributed by atoms with Crippen LogP contribution in [-0.2, 0) is 4.79 Å². The molecular weight excluding hydrogens is 283 g/mol. The summed E-state index contributed by atoms with van der Waals surface area (Å²) in [5, 5.41) is 7.14. The molecule has 2 N–H and O–H groups in total. The van der Waals surface area contributed by atoms with E-state index in [1.807, 2.05) is 18.2 Å². The van der Waals surface area contributed by atoms with Crippen molar-refractivity contribution < 1.29 is 4.79 Å². The largest absolute Gasteiger partial charge is 0.355 e. The van der Waals surface area contributed by atoms with Crippen molar-refractivity contribution in [3.63, 3.8) is 0 Å². The van der Waals surface area contributed by atoms with Gasteiger partial charge < -0.3 is 10.6 Å². The first-order chi connectivity index (χ1) is 8.72. The van der Waals surface area contributed by atoms with Gasteiger partial charge in [-0.25, -0.2) is 0 Å². The summed E-state index contributed by atoms with van der Waals surface area (Å²) in [5.74, 6) is 0.427. The van der Waals surface area contributed by atoms with E-state index in [0.29, 0.717) is 0 Å². The molecule has 1 aromatic rings. The molecule has 0 aromatic heterocycles. The van der Waals surface area contributed by atoms with Crippen molar-refractivity contribution in [3.05, 3.63) is 34.9 Å². The standard InChI is InChI=1S/C14H17ClN2O.ClH/c15-11-4-1-3-10(7-11)12-8-17-13(18)14(12)5-2-6-16-9-14;/h1,3-4,7,12,16H,2,5-6,8-9H2,(H,17,18);1H. The lowest BCUT2D eigenvalue weighted by Crippen LogP contribution is -2.47. The third-order valence-corrected chi connectivity index (χ3v) is 4.49. The number of hydrogen-bond acceptors (Lipinski definition) is 2. The Labute approximate surface area is 124 Å². The van der Waals surface area contributed by atoms with Crippen LogP contribution in [-0.4, -0.2) is 25.5 Å². The second-order valence-electron chi connectivity index (χ2n) is 5.25. The monoisotopic (exact) mass is 300 g/mol. The van der Waals surface area contributed by atoms with Crippen LogP contribution in [0.2, 0.25) is 5.02 Å². The second-order valence-corrected chi connectivity index (χ2v) is 5.69. The van der Waals surface area contributed by atoms with Gasteiger partial charge in [0.2, 0.25) is 5.91 Å². The van der Waals surface area contributed by atoms with E-state index >= 15 is 0 Å². The van der Waals surface area contributed by atoms with E-state index in [1.165, 1.54) is 5.56 Å². The van der Waals surface area contributed by atoms with Crippen LogP contribution in [0.3, 0.4) is 0 Å². The third kappa shape index (κ3) is 2.47. The number of piperidine rings is 1. The van der Waals surface area contributed by atoms with Crippen LogP contribution in [0.25, 0.3) is 0 Å². The Hall–Kier alpha value is -0.770. The molecule has 0 aliphatic carbocycles. The molecule has 1 amide bonds. The Morgan fingerprint density at radius 2 is 2.21 bits per heavy atom. The van der Waals surface area contributed by atoms with Crippen LogP contribution in [0.5, 0.6) is 0 Å². The predicted octanol–water partition coefficient (Wildman–Crippen LogP) is 2.34. The highest BCUT2D eigenvalue weighted by Gasteiger charge is 2.51. The molecule has 5 heteroatoms. The molecule has 1 aromatic carbocycles. The van der Waals surface area contributed by atoms with Crippen molar-refractivity contribution in [3.8, 4) is 0 Å².